The summed E-state index contributed by atoms with van der Waals surface area (Å²) in [6.07, 6.45) is 4.70. The Morgan fingerprint density at radius 3 is 1.46 bits per heavy atom. The molecule has 2 unspecified atom stereocenters. The Morgan fingerprint density at radius 1 is 0.900 bits per heavy atom. The molecule has 13 nitrogen and oxygen atoms in total. The van der Waals surface area contributed by atoms with E-state index in [0.29, 0.717) is 39.8 Å². The summed E-state index contributed by atoms with van der Waals surface area (Å²) in [5.41, 5.74) is 3.61. The molecule has 1 aromatic carbocycles. The molecular weight excluding hydrogens is 698 g/mol. The topological polar surface area (TPSA) is 200 Å². The second-order valence-electron chi connectivity index (χ2n) is 11.7. The number of hydrogen-bond acceptors (Lipinski definition) is 10. The standard InChI is InChI=1S/C9H11Cl.C6H13NO3.C6H11NO2.C6H15N.C5H10O.CH3NO2.CH5P.Na.H2O/c1-6-4-7(2)9(10)8(3)5-6;1-5(2)3-6(8)4-7(9)10;1-6(2)4-3-5-7(8)9;1-4-7(5-2)6-3;1-5(2)3-4-6;1-2(3)4;1-2;;/h4-5H,1-3H3;5-6,8H,3-4H2,1-2H3;3,5-6H,4H2,1-2H3;4-6H2,1-3H3;4-5H,3H2,1-2H3;1H3;2H2,1H3;;1H2/q;;;;;;;+1;/p-1/b;;5-3+;;;;;;/i;;;;;;2T;;. The van der Waals surface area contributed by atoms with Crippen LogP contribution in [0.2, 0.25) is 5.02 Å². The minimum absolute atomic E-state index is 0. The van der Waals surface area contributed by atoms with Crippen molar-refractivity contribution in [3.63, 3.8) is 0 Å². The molecule has 0 fully saturated rings. The summed E-state index contributed by atoms with van der Waals surface area (Å²) in [5.74, 6) is 1.35. The van der Waals surface area contributed by atoms with Crippen LogP contribution >= 0.6 is 20.8 Å². The third kappa shape index (κ3) is 68.4. The van der Waals surface area contributed by atoms with Crippen LogP contribution < -0.4 is 29.6 Å². The van der Waals surface area contributed by atoms with Gasteiger partial charge in [0.1, 0.15) is 12.4 Å². The number of carbonyl (C=O) groups excluding carboxylic acids is 1. The molecule has 0 heterocycles. The van der Waals surface area contributed by atoms with Crippen molar-refractivity contribution >= 4 is 27.1 Å². The number of aryl methyl sites for hydroxylation is 3. The van der Waals surface area contributed by atoms with Crippen LogP contribution in [-0.2, 0) is 4.79 Å². The molecule has 16 heteroatoms. The first-order valence-corrected chi connectivity index (χ1v) is 17.6. The average molecular weight is 769 g/mol. The second kappa shape index (κ2) is 47.4. The Hall–Kier alpha value is -1.57. The number of nitrogens with zero attached hydrogens (tertiary/aromatic N) is 4. The monoisotopic (exact) mass is 768 g/mol. The smallest absolute Gasteiger partial charge is 0.870 e. The molecule has 1 rings (SSSR count). The summed E-state index contributed by atoms with van der Waals surface area (Å²) >= 11 is 5.95. The first kappa shape index (κ1) is 63.5. The predicted molar refractivity (Wildman–Crippen MR) is 208 cm³/mol. The van der Waals surface area contributed by atoms with E-state index in [1.165, 1.54) is 36.3 Å². The molecule has 0 saturated carbocycles. The largest absolute Gasteiger partial charge is 1.00 e. The number of carbonyl (C=O) groups is 1. The molecular formula is C34H69ClN4NaO9P. The van der Waals surface area contributed by atoms with Crippen molar-refractivity contribution in [2.75, 3.05) is 39.9 Å². The first-order chi connectivity index (χ1) is 22.5. The van der Waals surface area contributed by atoms with E-state index in [-0.39, 0.29) is 41.6 Å². The number of rotatable bonds is 12. The molecule has 292 valence electrons. The number of halogens is 1. The van der Waals surface area contributed by atoms with Gasteiger partial charge in [0, 0.05) is 21.3 Å². The summed E-state index contributed by atoms with van der Waals surface area (Å²) in [5, 5.41) is 38.2. The van der Waals surface area contributed by atoms with Crippen LogP contribution in [0.4, 0.5) is 0 Å². The zero-order valence-corrected chi connectivity index (χ0v) is 37.3. The molecule has 0 spiro atoms. The maximum absolute atomic E-state index is 9.84. The molecule has 0 aromatic heterocycles. The first-order valence-electron chi connectivity index (χ1n) is 16.7. The van der Waals surface area contributed by atoms with E-state index >= 15 is 0 Å². The number of aldehydes is 1. The van der Waals surface area contributed by atoms with Gasteiger partial charge >= 0.3 is 29.6 Å². The van der Waals surface area contributed by atoms with Gasteiger partial charge < -0.3 is 20.3 Å². The summed E-state index contributed by atoms with van der Waals surface area (Å²) in [6, 6.07) is 4.19. The third-order valence-corrected chi connectivity index (χ3v) is 6.02. The predicted octanol–water partition coefficient (Wildman–Crippen LogP) is 5.55. The summed E-state index contributed by atoms with van der Waals surface area (Å²) in [7, 11) is 1.22. The van der Waals surface area contributed by atoms with Crippen LogP contribution in [0.1, 0.15) is 98.3 Å². The van der Waals surface area contributed by atoms with E-state index < -0.39 is 20.9 Å². The van der Waals surface area contributed by atoms with Crippen LogP contribution in [-0.4, -0.2) is 83.8 Å². The van der Waals surface area contributed by atoms with Gasteiger partial charge in [0.15, 0.2) is 7.05 Å². The van der Waals surface area contributed by atoms with E-state index in [2.05, 4.69) is 44.7 Å². The number of allylic oxidation sites excluding steroid dienone is 1. The normalized spacial score (nSPS) is 10.4. The summed E-state index contributed by atoms with van der Waals surface area (Å²) in [4.78, 5) is 38.9. The zero-order chi connectivity index (χ0) is 40.1. The Balaban J connectivity index is -0.0000000722. The Labute approximate surface area is 333 Å². The molecule has 50 heavy (non-hydrogen) atoms. The molecule has 0 saturated heterocycles. The van der Waals surface area contributed by atoms with Crippen molar-refractivity contribution in [1.82, 2.24) is 4.90 Å². The van der Waals surface area contributed by atoms with Crippen molar-refractivity contribution < 1.29 is 59.7 Å². The van der Waals surface area contributed by atoms with E-state index in [0.717, 1.165) is 31.0 Å². The molecule has 0 bridgehead atoms. The maximum Gasteiger partial charge on any atom is 1.00 e. The second-order valence-corrected chi connectivity index (χ2v) is 12.0. The number of nitro groups is 3. The van der Waals surface area contributed by atoms with E-state index in [1.54, 1.807) is 6.08 Å². The maximum atomic E-state index is 9.84. The van der Waals surface area contributed by atoms with Gasteiger partial charge in [-0.1, -0.05) is 98.3 Å². The number of aliphatic hydroxyl groups excluding tert-OH is 1. The molecule has 0 aliphatic rings. The summed E-state index contributed by atoms with van der Waals surface area (Å²) < 4.78 is 6.24. The van der Waals surface area contributed by atoms with Crippen molar-refractivity contribution in [3.8, 4) is 0 Å². The van der Waals surface area contributed by atoms with E-state index in [1.807, 2.05) is 62.1 Å². The van der Waals surface area contributed by atoms with Crippen LogP contribution in [0.25, 0.3) is 0 Å². The fourth-order valence-corrected chi connectivity index (χ4v) is 3.34. The molecule has 0 aliphatic carbocycles. The Kier molecular flexibility index (Phi) is 60.2. The molecule has 1 aromatic rings. The van der Waals surface area contributed by atoms with E-state index in [4.69, 9.17) is 28.1 Å². The Bertz CT molecular complexity index is 961. The van der Waals surface area contributed by atoms with Gasteiger partial charge in [0.05, 0.1) is 6.20 Å². The molecule has 0 aliphatic heterocycles. The van der Waals surface area contributed by atoms with Crippen LogP contribution in [0.5, 0.6) is 0 Å². The van der Waals surface area contributed by atoms with Crippen molar-refractivity contribution in [1.29, 1.82) is 1.28 Å². The molecule has 2 N–H and O–H groups in total. The molecule has 2 atom stereocenters. The fourth-order valence-electron chi connectivity index (χ4n) is 3.24. The number of hydrogen-bond donors (Lipinski definition) is 1. The zero-order valence-electron chi connectivity index (χ0n) is 34.6. The van der Waals surface area contributed by atoms with Gasteiger partial charge in [-0.3, -0.25) is 30.3 Å². The third-order valence-electron chi connectivity index (χ3n) is 5.43. The molecule has 0 amide bonds. The quantitative estimate of drug-likeness (QED) is 0.0924. The minimum atomic E-state index is -0.782. The Morgan fingerprint density at radius 2 is 1.26 bits per heavy atom. The number of aliphatic hydroxyl groups is 1. The van der Waals surface area contributed by atoms with Gasteiger partial charge in [-0.05, 0) is 88.2 Å². The van der Waals surface area contributed by atoms with Gasteiger partial charge in [0.25, 0.3) is 0 Å². The van der Waals surface area contributed by atoms with Gasteiger partial charge in [-0.25, -0.2) is 0 Å². The SMILES string of the molecule is CC(C)C/C=C/[N+](=O)[O-].CC(C)CC(O)C[N+](=O)[O-].CC(C)CC=O.CCN(CC)CC.C[N+](=O)[O-].Cc1cc(C)c(Cl)c(C)c1.[3H]PC.[Na+].[OH-]. The van der Waals surface area contributed by atoms with E-state index in [9.17, 15) is 25.0 Å². The average Bonchev–Trinajstić information content (AvgIpc) is 2.93. The minimum Gasteiger partial charge on any atom is -0.870 e. The van der Waals surface area contributed by atoms with Crippen molar-refractivity contribution in [2.45, 2.75) is 108 Å². The van der Waals surface area contributed by atoms with Gasteiger partial charge in [0.2, 0.25) is 12.7 Å². The fraction of sp³-hybridized carbons (Fsp3) is 0.735. The van der Waals surface area contributed by atoms with Crippen LogP contribution in [0, 0.1) is 68.9 Å². The van der Waals surface area contributed by atoms with Crippen molar-refractivity contribution in [3.05, 3.63) is 76.5 Å². The van der Waals surface area contributed by atoms with Crippen molar-refractivity contribution in [2.24, 2.45) is 17.8 Å². The van der Waals surface area contributed by atoms with Gasteiger partial charge in [-0.15, -0.1) is 9.18 Å². The van der Waals surface area contributed by atoms with Gasteiger partial charge in [-0.2, -0.15) is 0 Å². The number of benzene rings is 1. The van der Waals surface area contributed by atoms with Crippen LogP contribution in [0.3, 0.4) is 0 Å². The summed E-state index contributed by atoms with van der Waals surface area (Å²) in [6.45, 7) is 29.7. The van der Waals surface area contributed by atoms with Crippen LogP contribution in [0.15, 0.2) is 24.4 Å². The molecule has 0 radical (unpaired) electrons.